The van der Waals surface area contributed by atoms with E-state index in [9.17, 15) is 13.2 Å². The molecule has 0 aromatic heterocycles. The lowest BCUT2D eigenvalue weighted by molar-refractivity contribution is -0.137. The van der Waals surface area contributed by atoms with Gasteiger partial charge in [-0.25, -0.2) is 0 Å². The molecule has 0 aliphatic carbocycles. The Balaban J connectivity index is 2.81. The number of alkyl halides is 3. The van der Waals surface area contributed by atoms with Crippen LogP contribution < -0.4 is 5.32 Å². The van der Waals surface area contributed by atoms with Crippen LogP contribution >= 0.6 is 0 Å². The van der Waals surface area contributed by atoms with E-state index in [-0.39, 0.29) is 6.04 Å². The third-order valence-corrected chi connectivity index (χ3v) is 4.10. The SMILES string of the molecule is CCCCC(CC)C(Cc1cccc(C(F)(F)F)c1)NC. The molecule has 0 radical (unpaired) electrons. The van der Waals surface area contributed by atoms with Gasteiger partial charge >= 0.3 is 6.18 Å². The van der Waals surface area contributed by atoms with Crippen LogP contribution in [-0.2, 0) is 12.6 Å². The molecule has 4 heteroatoms. The van der Waals surface area contributed by atoms with E-state index in [1.807, 2.05) is 7.05 Å². The smallest absolute Gasteiger partial charge is 0.316 e. The third-order valence-electron chi connectivity index (χ3n) is 4.10. The van der Waals surface area contributed by atoms with Crippen molar-refractivity contribution in [3.8, 4) is 0 Å². The molecule has 2 atom stereocenters. The van der Waals surface area contributed by atoms with Gasteiger partial charge in [0.25, 0.3) is 0 Å². The molecule has 0 spiro atoms. The minimum atomic E-state index is -4.27. The molecule has 1 aromatic rings. The number of hydrogen-bond donors (Lipinski definition) is 1. The van der Waals surface area contributed by atoms with Crippen molar-refractivity contribution in [1.82, 2.24) is 5.32 Å². The molecule has 0 saturated heterocycles. The predicted molar refractivity (Wildman–Crippen MR) is 81.3 cm³/mol. The number of benzene rings is 1. The van der Waals surface area contributed by atoms with Gasteiger partial charge < -0.3 is 5.32 Å². The zero-order valence-electron chi connectivity index (χ0n) is 13.1. The van der Waals surface area contributed by atoms with Crippen molar-refractivity contribution in [3.05, 3.63) is 35.4 Å². The van der Waals surface area contributed by atoms with Gasteiger partial charge in [-0.3, -0.25) is 0 Å². The van der Waals surface area contributed by atoms with E-state index in [1.165, 1.54) is 18.6 Å². The summed E-state index contributed by atoms with van der Waals surface area (Å²) in [7, 11) is 1.90. The average Bonchev–Trinajstić information content (AvgIpc) is 2.46. The van der Waals surface area contributed by atoms with E-state index in [0.717, 1.165) is 30.9 Å². The Bertz CT molecular complexity index is 415. The Kier molecular flexibility index (Phi) is 7.23. The van der Waals surface area contributed by atoms with E-state index in [0.29, 0.717) is 12.3 Å². The fourth-order valence-corrected chi connectivity index (χ4v) is 2.79. The van der Waals surface area contributed by atoms with Gasteiger partial charge in [0.1, 0.15) is 0 Å². The van der Waals surface area contributed by atoms with Gasteiger partial charge in [-0.05, 0) is 37.4 Å². The normalized spacial score (nSPS) is 15.0. The van der Waals surface area contributed by atoms with Crippen LogP contribution in [0.2, 0.25) is 0 Å². The number of halogens is 3. The number of nitrogens with one attached hydrogen (secondary N) is 1. The quantitative estimate of drug-likeness (QED) is 0.708. The van der Waals surface area contributed by atoms with Crippen LogP contribution in [0, 0.1) is 5.92 Å². The molecule has 1 rings (SSSR count). The van der Waals surface area contributed by atoms with Gasteiger partial charge in [-0.2, -0.15) is 13.2 Å². The highest BCUT2D eigenvalue weighted by atomic mass is 19.4. The molecule has 0 amide bonds. The van der Waals surface area contributed by atoms with Crippen LogP contribution in [0.4, 0.5) is 13.2 Å². The number of hydrogen-bond acceptors (Lipinski definition) is 1. The molecule has 0 aliphatic heterocycles. The summed E-state index contributed by atoms with van der Waals surface area (Å²) >= 11 is 0. The van der Waals surface area contributed by atoms with E-state index >= 15 is 0 Å². The standard InChI is InChI=1S/C17H26F3N/c1-4-6-9-14(5-2)16(21-3)12-13-8-7-10-15(11-13)17(18,19)20/h7-8,10-11,14,16,21H,4-6,9,12H2,1-3H3. The highest BCUT2D eigenvalue weighted by Gasteiger charge is 2.30. The van der Waals surface area contributed by atoms with Crippen LogP contribution in [0.25, 0.3) is 0 Å². The van der Waals surface area contributed by atoms with Crippen molar-refractivity contribution >= 4 is 0 Å². The van der Waals surface area contributed by atoms with Crippen LogP contribution in [0.3, 0.4) is 0 Å². The van der Waals surface area contributed by atoms with E-state index < -0.39 is 11.7 Å². The lowest BCUT2D eigenvalue weighted by Gasteiger charge is -2.26. The van der Waals surface area contributed by atoms with Gasteiger partial charge in [0, 0.05) is 6.04 Å². The van der Waals surface area contributed by atoms with Crippen molar-refractivity contribution in [3.63, 3.8) is 0 Å². The zero-order chi connectivity index (χ0) is 15.9. The summed E-state index contributed by atoms with van der Waals surface area (Å²) in [5.41, 5.74) is 0.190. The molecule has 2 unspecified atom stereocenters. The summed E-state index contributed by atoms with van der Waals surface area (Å²) < 4.78 is 38.3. The first-order chi connectivity index (χ1) is 9.92. The molecular weight excluding hydrogens is 275 g/mol. The number of rotatable bonds is 8. The minimum Gasteiger partial charge on any atom is -0.316 e. The second-order valence-corrected chi connectivity index (χ2v) is 5.61. The molecule has 0 fully saturated rings. The molecule has 1 nitrogen and oxygen atoms in total. The van der Waals surface area contributed by atoms with Gasteiger partial charge in [0.15, 0.2) is 0 Å². The van der Waals surface area contributed by atoms with E-state index in [1.54, 1.807) is 6.07 Å². The minimum absolute atomic E-state index is 0.227. The third kappa shape index (κ3) is 5.70. The van der Waals surface area contributed by atoms with E-state index in [2.05, 4.69) is 19.2 Å². The van der Waals surface area contributed by atoms with Crippen molar-refractivity contribution in [2.24, 2.45) is 5.92 Å². The fraction of sp³-hybridized carbons (Fsp3) is 0.647. The second kappa shape index (κ2) is 8.42. The zero-order valence-corrected chi connectivity index (χ0v) is 13.1. The van der Waals surface area contributed by atoms with Crippen LogP contribution in [-0.4, -0.2) is 13.1 Å². The van der Waals surface area contributed by atoms with Crippen LogP contribution in [0.5, 0.6) is 0 Å². The Morgan fingerprint density at radius 2 is 1.90 bits per heavy atom. The van der Waals surface area contributed by atoms with Crippen molar-refractivity contribution < 1.29 is 13.2 Å². The molecule has 1 N–H and O–H groups in total. The van der Waals surface area contributed by atoms with Crippen LogP contribution in [0.15, 0.2) is 24.3 Å². The summed E-state index contributed by atoms with van der Waals surface area (Å²) in [5, 5.41) is 3.29. The van der Waals surface area contributed by atoms with Crippen LogP contribution in [0.1, 0.15) is 50.7 Å². The van der Waals surface area contributed by atoms with Gasteiger partial charge in [0.2, 0.25) is 0 Å². The summed E-state index contributed by atoms with van der Waals surface area (Å²) in [4.78, 5) is 0. The fourth-order valence-electron chi connectivity index (χ4n) is 2.79. The number of likely N-dealkylation sites (N-methyl/N-ethyl adjacent to an activating group) is 1. The first-order valence-electron chi connectivity index (χ1n) is 7.75. The van der Waals surface area contributed by atoms with Crippen molar-refractivity contribution in [2.45, 2.75) is 58.2 Å². The maximum Gasteiger partial charge on any atom is 0.416 e. The molecule has 120 valence electrons. The molecule has 0 saturated carbocycles. The first kappa shape index (κ1) is 18.0. The highest BCUT2D eigenvalue weighted by Crippen LogP contribution is 2.30. The average molecular weight is 301 g/mol. The van der Waals surface area contributed by atoms with E-state index in [4.69, 9.17) is 0 Å². The summed E-state index contributed by atoms with van der Waals surface area (Å²) in [6.07, 6.45) is 0.859. The number of unbranched alkanes of at least 4 members (excludes halogenated alkanes) is 1. The Hall–Kier alpha value is -1.03. The molecule has 0 aliphatic rings. The second-order valence-electron chi connectivity index (χ2n) is 5.61. The predicted octanol–water partition coefficient (Wildman–Crippen LogP) is 5.05. The summed E-state index contributed by atoms with van der Waals surface area (Å²) in [6, 6.07) is 5.91. The molecule has 0 heterocycles. The molecule has 21 heavy (non-hydrogen) atoms. The topological polar surface area (TPSA) is 12.0 Å². The largest absolute Gasteiger partial charge is 0.416 e. The summed E-state index contributed by atoms with van der Waals surface area (Å²) in [5.74, 6) is 0.504. The lowest BCUT2D eigenvalue weighted by Crippen LogP contribution is -2.35. The van der Waals surface area contributed by atoms with Gasteiger partial charge in [-0.1, -0.05) is 51.3 Å². The molecule has 0 bridgehead atoms. The highest BCUT2D eigenvalue weighted by molar-refractivity contribution is 5.26. The summed E-state index contributed by atoms with van der Waals surface area (Å²) in [6.45, 7) is 4.31. The maximum atomic E-state index is 12.8. The van der Waals surface area contributed by atoms with Crippen molar-refractivity contribution in [2.75, 3.05) is 7.05 Å². The maximum absolute atomic E-state index is 12.8. The van der Waals surface area contributed by atoms with Crippen molar-refractivity contribution in [1.29, 1.82) is 0 Å². The van der Waals surface area contributed by atoms with Gasteiger partial charge in [-0.15, -0.1) is 0 Å². The lowest BCUT2D eigenvalue weighted by atomic mass is 9.87. The first-order valence-corrected chi connectivity index (χ1v) is 7.75. The van der Waals surface area contributed by atoms with Gasteiger partial charge in [0.05, 0.1) is 5.56 Å². The molecule has 1 aromatic carbocycles. The monoisotopic (exact) mass is 301 g/mol. The Morgan fingerprint density at radius 3 is 2.43 bits per heavy atom. The Labute approximate surface area is 125 Å². The molecular formula is C17H26F3N. The Morgan fingerprint density at radius 1 is 1.19 bits per heavy atom.